The van der Waals surface area contributed by atoms with Crippen LogP contribution in [0, 0.1) is 5.92 Å². The molecule has 3 aliphatic rings. The number of aromatic nitrogens is 3. The summed E-state index contributed by atoms with van der Waals surface area (Å²) in [6, 6.07) is 0. The number of thiazole rings is 1. The first-order valence-corrected chi connectivity index (χ1v) is 12.0. The zero-order chi connectivity index (χ0) is 22.5. The average Bonchev–Trinajstić information content (AvgIpc) is 3.39. The van der Waals surface area contributed by atoms with Crippen LogP contribution in [0.2, 0.25) is 5.28 Å². The van der Waals surface area contributed by atoms with Crippen molar-refractivity contribution in [2.45, 2.75) is 32.9 Å². The van der Waals surface area contributed by atoms with E-state index >= 15 is 0 Å². The minimum atomic E-state index is -0.478. The van der Waals surface area contributed by atoms with Gasteiger partial charge in [-0.2, -0.15) is 4.98 Å². The zero-order valence-corrected chi connectivity index (χ0v) is 20.1. The van der Waals surface area contributed by atoms with Gasteiger partial charge < -0.3 is 24.2 Å². The summed E-state index contributed by atoms with van der Waals surface area (Å²) in [5.74, 6) is 1.13. The van der Waals surface area contributed by atoms with Crippen molar-refractivity contribution in [1.29, 1.82) is 0 Å². The van der Waals surface area contributed by atoms with Gasteiger partial charge in [-0.15, -0.1) is 0 Å². The Kier molecular flexibility index (Phi) is 5.63. The minimum absolute atomic E-state index is 0.239. The summed E-state index contributed by atoms with van der Waals surface area (Å²) in [7, 11) is 0. The van der Waals surface area contributed by atoms with Crippen LogP contribution in [0.25, 0.3) is 10.3 Å². The molecular formula is C21H27ClN6O3S. The average molecular weight is 479 g/mol. The molecule has 2 aromatic rings. The number of carbonyl (C=O) groups excluding carboxylic acids is 1. The molecule has 3 aliphatic heterocycles. The highest BCUT2D eigenvalue weighted by atomic mass is 35.5. The van der Waals surface area contributed by atoms with E-state index in [1.54, 1.807) is 16.2 Å². The number of rotatable bonds is 3. The summed E-state index contributed by atoms with van der Waals surface area (Å²) >= 11 is 7.76. The second-order valence-electron chi connectivity index (χ2n) is 9.37. The molecule has 0 aliphatic carbocycles. The quantitative estimate of drug-likeness (QED) is 0.622. The molecule has 0 aromatic carbocycles. The summed E-state index contributed by atoms with van der Waals surface area (Å²) in [6.07, 6.45) is 1.93. The SMILES string of the molecule is CC(C)(C)OC(=O)N1CC2=CN(Cc3nc4c(N5CCOCC5)nc(Cl)nc4s3)CC2C1. The van der Waals surface area contributed by atoms with E-state index < -0.39 is 5.60 Å². The lowest BCUT2D eigenvalue weighted by Crippen LogP contribution is -2.37. The molecule has 172 valence electrons. The van der Waals surface area contributed by atoms with Crippen LogP contribution in [-0.4, -0.2) is 82.4 Å². The molecule has 0 N–H and O–H groups in total. The first kappa shape index (κ1) is 21.7. The molecule has 1 unspecified atom stereocenters. The van der Waals surface area contributed by atoms with Crippen molar-refractivity contribution < 1.29 is 14.3 Å². The molecule has 32 heavy (non-hydrogen) atoms. The van der Waals surface area contributed by atoms with Gasteiger partial charge >= 0.3 is 6.09 Å². The zero-order valence-electron chi connectivity index (χ0n) is 18.5. The molecule has 2 fully saturated rings. The van der Waals surface area contributed by atoms with Gasteiger partial charge in [0.1, 0.15) is 16.1 Å². The Morgan fingerprint density at radius 1 is 1.25 bits per heavy atom. The third kappa shape index (κ3) is 4.49. The second-order valence-corrected chi connectivity index (χ2v) is 10.8. The first-order chi connectivity index (χ1) is 15.2. The van der Waals surface area contributed by atoms with Crippen LogP contribution in [0.15, 0.2) is 11.8 Å². The van der Waals surface area contributed by atoms with Gasteiger partial charge in [-0.25, -0.2) is 14.8 Å². The summed E-state index contributed by atoms with van der Waals surface area (Å²) < 4.78 is 11.0. The summed E-state index contributed by atoms with van der Waals surface area (Å²) in [5.41, 5.74) is 1.60. The van der Waals surface area contributed by atoms with E-state index in [9.17, 15) is 4.79 Å². The predicted molar refractivity (Wildman–Crippen MR) is 123 cm³/mol. The third-order valence-electron chi connectivity index (χ3n) is 5.70. The third-order valence-corrected chi connectivity index (χ3v) is 6.80. The maximum Gasteiger partial charge on any atom is 0.410 e. The molecule has 1 atom stereocenters. The van der Waals surface area contributed by atoms with E-state index in [2.05, 4.69) is 26.0 Å². The molecule has 1 amide bonds. The fourth-order valence-corrected chi connectivity index (χ4v) is 5.50. The Morgan fingerprint density at radius 3 is 2.75 bits per heavy atom. The molecule has 0 spiro atoms. The van der Waals surface area contributed by atoms with Gasteiger partial charge in [-0.05, 0) is 37.9 Å². The Morgan fingerprint density at radius 2 is 2.03 bits per heavy atom. The Hall–Kier alpha value is -2.17. The molecule has 5 rings (SSSR count). The highest BCUT2D eigenvalue weighted by molar-refractivity contribution is 7.18. The number of fused-ring (bicyclic) bond motifs is 2. The van der Waals surface area contributed by atoms with Gasteiger partial charge in [0.15, 0.2) is 10.6 Å². The first-order valence-electron chi connectivity index (χ1n) is 10.8. The van der Waals surface area contributed by atoms with Crippen molar-refractivity contribution >= 4 is 45.2 Å². The predicted octanol–water partition coefficient (Wildman–Crippen LogP) is 3.14. The van der Waals surface area contributed by atoms with Gasteiger partial charge in [0, 0.05) is 44.8 Å². The Labute approximate surface area is 196 Å². The molecule has 2 saturated heterocycles. The van der Waals surface area contributed by atoms with Crippen molar-refractivity contribution in [2.75, 3.05) is 50.8 Å². The van der Waals surface area contributed by atoms with E-state index in [1.807, 2.05) is 20.8 Å². The lowest BCUT2D eigenvalue weighted by molar-refractivity contribution is 0.0286. The van der Waals surface area contributed by atoms with Crippen molar-refractivity contribution in [3.8, 4) is 0 Å². The van der Waals surface area contributed by atoms with Crippen LogP contribution in [0.5, 0.6) is 0 Å². The molecule has 2 aromatic heterocycles. The van der Waals surface area contributed by atoms with Gasteiger partial charge in [-0.3, -0.25) is 0 Å². The number of anilines is 1. The van der Waals surface area contributed by atoms with Gasteiger partial charge in [0.2, 0.25) is 5.28 Å². The van der Waals surface area contributed by atoms with Crippen LogP contribution < -0.4 is 4.90 Å². The molecule has 5 heterocycles. The largest absolute Gasteiger partial charge is 0.444 e. The van der Waals surface area contributed by atoms with Crippen molar-refractivity contribution in [1.82, 2.24) is 24.8 Å². The fraction of sp³-hybridized carbons (Fsp3) is 0.619. The molecular weight excluding hydrogens is 452 g/mol. The standard InChI is InChI=1S/C21H27ClN6O3S/c1-21(2,3)31-20(29)28-10-13-8-26(9-14(13)11-28)12-15-23-16-17(27-4-6-30-7-5-27)24-19(22)25-18(16)32-15/h8,14H,4-7,9-12H2,1-3H3. The highest BCUT2D eigenvalue weighted by Gasteiger charge is 2.37. The molecule has 0 bridgehead atoms. The van der Waals surface area contributed by atoms with Crippen molar-refractivity contribution in [3.63, 3.8) is 0 Å². The normalized spacial score (nSPS) is 21.3. The lowest BCUT2D eigenvalue weighted by Gasteiger charge is -2.27. The van der Waals surface area contributed by atoms with Crippen molar-refractivity contribution in [2.24, 2.45) is 5.92 Å². The topological polar surface area (TPSA) is 83.9 Å². The smallest absolute Gasteiger partial charge is 0.410 e. The number of hydrogen-bond acceptors (Lipinski definition) is 9. The number of morpholine rings is 1. The van der Waals surface area contributed by atoms with Gasteiger partial charge in [0.05, 0.1) is 19.8 Å². The van der Waals surface area contributed by atoms with E-state index in [1.165, 1.54) is 5.57 Å². The molecule has 0 saturated carbocycles. The van der Waals surface area contributed by atoms with E-state index in [0.717, 1.165) is 40.8 Å². The minimum Gasteiger partial charge on any atom is -0.444 e. The summed E-state index contributed by atoms with van der Waals surface area (Å²) in [6.45, 7) is 11.4. The number of halogens is 1. The molecule has 0 radical (unpaired) electrons. The monoisotopic (exact) mass is 478 g/mol. The second kappa shape index (κ2) is 8.31. The molecule has 11 heteroatoms. The van der Waals surface area contributed by atoms with E-state index in [0.29, 0.717) is 38.8 Å². The van der Waals surface area contributed by atoms with E-state index in [-0.39, 0.29) is 11.4 Å². The number of nitrogens with zero attached hydrogens (tertiary/aromatic N) is 6. The van der Waals surface area contributed by atoms with E-state index in [4.69, 9.17) is 26.1 Å². The number of amides is 1. The summed E-state index contributed by atoms with van der Waals surface area (Å²) in [5, 5.41) is 1.22. The highest BCUT2D eigenvalue weighted by Crippen LogP contribution is 2.34. The Balaban J connectivity index is 1.29. The van der Waals surface area contributed by atoms with Crippen molar-refractivity contribution in [3.05, 3.63) is 22.1 Å². The number of carbonyl (C=O) groups is 1. The van der Waals surface area contributed by atoms with Crippen LogP contribution in [0.3, 0.4) is 0 Å². The van der Waals surface area contributed by atoms with Gasteiger partial charge in [0.25, 0.3) is 0 Å². The number of ether oxygens (including phenoxy) is 2. The maximum atomic E-state index is 12.4. The van der Waals surface area contributed by atoms with Crippen LogP contribution >= 0.6 is 22.9 Å². The van der Waals surface area contributed by atoms with Crippen LogP contribution in [0.4, 0.5) is 10.6 Å². The molecule has 9 nitrogen and oxygen atoms in total. The number of hydrogen-bond donors (Lipinski definition) is 0. The number of likely N-dealkylation sites (tertiary alicyclic amines) is 1. The fourth-order valence-electron chi connectivity index (χ4n) is 4.33. The summed E-state index contributed by atoms with van der Waals surface area (Å²) in [4.78, 5) is 33.1. The van der Waals surface area contributed by atoms with Gasteiger partial charge in [-0.1, -0.05) is 11.3 Å². The van der Waals surface area contributed by atoms with Crippen LogP contribution in [-0.2, 0) is 16.0 Å². The maximum absolute atomic E-state index is 12.4. The lowest BCUT2D eigenvalue weighted by atomic mass is 10.1. The van der Waals surface area contributed by atoms with Crippen LogP contribution in [0.1, 0.15) is 25.8 Å². The Bertz CT molecular complexity index is 1060.